The summed E-state index contributed by atoms with van der Waals surface area (Å²) < 4.78 is 0. The average Bonchev–Trinajstić information content (AvgIpc) is 3.27. The Kier molecular flexibility index (Phi) is 7.85. The summed E-state index contributed by atoms with van der Waals surface area (Å²) in [6.07, 6.45) is 2.11. The Bertz CT molecular complexity index is 1340. The number of thiophene rings is 1. The lowest BCUT2D eigenvalue weighted by atomic mass is 9.90. The first-order chi connectivity index (χ1) is 18.4. The van der Waals surface area contributed by atoms with Crippen molar-refractivity contribution in [2.75, 3.05) is 39.3 Å². The number of benzene rings is 2. The number of amides is 2. The third kappa shape index (κ3) is 5.49. The maximum atomic E-state index is 13.3. The summed E-state index contributed by atoms with van der Waals surface area (Å²) in [5.74, 6) is -0.127. The lowest BCUT2D eigenvalue weighted by Gasteiger charge is -2.37. The third-order valence-electron chi connectivity index (χ3n) is 7.60. The van der Waals surface area contributed by atoms with Gasteiger partial charge in [-0.25, -0.2) is 0 Å². The molecule has 198 valence electrons. The number of nitro groups is 1. The predicted molar refractivity (Wildman–Crippen MR) is 147 cm³/mol. The number of non-ortho nitro benzene ring substituents is 1. The highest BCUT2D eigenvalue weighted by molar-refractivity contribution is 7.10. The van der Waals surface area contributed by atoms with Crippen LogP contribution >= 0.6 is 11.3 Å². The molecule has 2 aromatic carbocycles. The van der Waals surface area contributed by atoms with Crippen LogP contribution in [0.15, 0.2) is 60.0 Å². The van der Waals surface area contributed by atoms with Crippen molar-refractivity contribution in [3.8, 4) is 0 Å². The smallest absolute Gasteiger partial charge is 0.270 e. The first kappa shape index (κ1) is 26.1. The van der Waals surface area contributed by atoms with Crippen LogP contribution in [0.2, 0.25) is 0 Å². The van der Waals surface area contributed by atoms with Gasteiger partial charge < -0.3 is 9.80 Å². The zero-order valence-electron chi connectivity index (χ0n) is 21.5. The number of nitrogens with zero attached hydrogens (tertiary/aromatic N) is 4. The molecule has 1 aromatic heterocycles. The molecule has 0 saturated carbocycles. The van der Waals surface area contributed by atoms with Crippen LogP contribution in [0.3, 0.4) is 0 Å². The molecule has 1 atom stereocenters. The zero-order valence-corrected chi connectivity index (χ0v) is 22.4. The van der Waals surface area contributed by atoms with E-state index in [-0.39, 0.29) is 23.5 Å². The number of fused-ring (bicyclic) bond motifs is 1. The highest BCUT2D eigenvalue weighted by Gasteiger charge is 2.31. The molecule has 0 spiro atoms. The van der Waals surface area contributed by atoms with Gasteiger partial charge in [0.05, 0.1) is 11.0 Å². The molecule has 3 heterocycles. The largest absolute Gasteiger partial charge is 0.341 e. The number of hydrogen-bond acceptors (Lipinski definition) is 6. The van der Waals surface area contributed by atoms with E-state index in [1.807, 2.05) is 16.2 Å². The summed E-state index contributed by atoms with van der Waals surface area (Å²) in [6, 6.07) is 16.7. The number of nitro benzene ring substituents is 1. The maximum Gasteiger partial charge on any atom is 0.270 e. The minimum atomic E-state index is -0.495. The quantitative estimate of drug-likeness (QED) is 0.340. The summed E-state index contributed by atoms with van der Waals surface area (Å²) in [5, 5.41) is 13.3. The van der Waals surface area contributed by atoms with Crippen LogP contribution in [0.5, 0.6) is 0 Å². The Morgan fingerprint density at radius 1 is 0.974 bits per heavy atom. The Morgan fingerprint density at radius 2 is 1.76 bits per heavy atom. The molecule has 0 bridgehead atoms. The number of carbonyl (C=O) groups excluding carboxylic acids is 2. The first-order valence-electron chi connectivity index (χ1n) is 13.1. The van der Waals surface area contributed by atoms with E-state index in [9.17, 15) is 19.7 Å². The molecule has 0 aliphatic carbocycles. The molecule has 2 aliphatic rings. The molecule has 8 nitrogen and oxygen atoms in total. The van der Waals surface area contributed by atoms with Crippen LogP contribution < -0.4 is 0 Å². The van der Waals surface area contributed by atoms with E-state index in [4.69, 9.17) is 0 Å². The molecule has 38 heavy (non-hydrogen) atoms. The third-order valence-corrected chi connectivity index (χ3v) is 8.60. The van der Waals surface area contributed by atoms with E-state index in [1.54, 1.807) is 11.0 Å². The lowest BCUT2D eigenvalue weighted by molar-refractivity contribution is -0.384. The summed E-state index contributed by atoms with van der Waals surface area (Å²) in [6.45, 7) is 5.76. The normalized spacial score (nSPS) is 18.1. The Balaban J connectivity index is 1.22. The summed E-state index contributed by atoms with van der Waals surface area (Å²) in [4.78, 5) is 44.3. The fourth-order valence-electron chi connectivity index (χ4n) is 5.57. The molecule has 9 heteroatoms. The van der Waals surface area contributed by atoms with Crippen molar-refractivity contribution in [2.45, 2.75) is 32.2 Å². The molecule has 0 unspecified atom stereocenters. The van der Waals surface area contributed by atoms with E-state index in [0.717, 1.165) is 13.0 Å². The molecule has 2 aliphatic heterocycles. The molecule has 3 aromatic rings. The van der Waals surface area contributed by atoms with Crippen LogP contribution in [-0.2, 0) is 11.2 Å². The summed E-state index contributed by atoms with van der Waals surface area (Å²) in [5.41, 5.74) is 4.12. The van der Waals surface area contributed by atoms with Gasteiger partial charge in [0, 0.05) is 68.3 Å². The minimum absolute atomic E-state index is 0.0984. The van der Waals surface area contributed by atoms with Crippen LogP contribution in [0.1, 0.15) is 50.8 Å². The Morgan fingerprint density at radius 3 is 2.58 bits per heavy atom. The van der Waals surface area contributed by atoms with Crippen molar-refractivity contribution in [3.63, 3.8) is 0 Å². The van der Waals surface area contributed by atoms with Gasteiger partial charge in [-0.05, 0) is 54.0 Å². The second kappa shape index (κ2) is 11.4. The molecule has 1 fully saturated rings. The van der Waals surface area contributed by atoms with Crippen LogP contribution in [-0.4, -0.2) is 70.7 Å². The van der Waals surface area contributed by atoms with Gasteiger partial charge in [0.2, 0.25) is 5.91 Å². The maximum absolute atomic E-state index is 13.3. The second-order valence-electron chi connectivity index (χ2n) is 9.93. The van der Waals surface area contributed by atoms with E-state index in [2.05, 4.69) is 47.5 Å². The number of carbonyl (C=O) groups is 2. The molecular weight excluding hydrogens is 500 g/mol. The number of hydrogen-bond donors (Lipinski definition) is 0. The molecular formula is C29H32N4O4S. The minimum Gasteiger partial charge on any atom is -0.341 e. The molecule has 5 rings (SSSR count). The standard InChI is InChI=1S/C29H32N4O4S/c1-21-6-2-3-9-24(21)28-25-12-19-38-26(25)10-15-31(28)16-11-27(34)30-13-5-14-32(18-17-30)29(35)22-7-4-8-23(20-22)33(36)37/h2-4,6-9,12,19-20,28H,5,10-11,13-18H2,1H3/t28-/m0/s1. The molecule has 0 N–H and O–H groups in total. The SMILES string of the molecule is Cc1ccccc1[C@H]1c2ccsc2CCN1CCC(=O)N1CCCN(C(=O)c2cccc([N+](=O)[O-])c2)CC1. The predicted octanol–water partition coefficient (Wildman–Crippen LogP) is 4.68. The fraction of sp³-hybridized carbons (Fsp3) is 0.379. The molecule has 1 saturated heterocycles. The average molecular weight is 533 g/mol. The van der Waals surface area contributed by atoms with Crippen molar-refractivity contribution in [2.24, 2.45) is 0 Å². The van der Waals surface area contributed by atoms with Gasteiger partial charge in [-0.3, -0.25) is 24.6 Å². The zero-order chi connectivity index (χ0) is 26.6. The van der Waals surface area contributed by atoms with Crippen LogP contribution in [0.4, 0.5) is 5.69 Å². The van der Waals surface area contributed by atoms with Gasteiger partial charge in [-0.1, -0.05) is 30.3 Å². The van der Waals surface area contributed by atoms with E-state index in [1.165, 1.54) is 39.8 Å². The second-order valence-corrected chi connectivity index (χ2v) is 10.9. The van der Waals surface area contributed by atoms with Crippen molar-refractivity contribution in [3.05, 3.63) is 97.2 Å². The lowest BCUT2D eigenvalue weighted by Crippen LogP contribution is -2.41. The van der Waals surface area contributed by atoms with Gasteiger partial charge >= 0.3 is 0 Å². The molecule has 2 amide bonds. The number of rotatable bonds is 6. The van der Waals surface area contributed by atoms with Crippen LogP contribution in [0.25, 0.3) is 0 Å². The topological polar surface area (TPSA) is 87.0 Å². The van der Waals surface area contributed by atoms with Gasteiger partial charge in [0.15, 0.2) is 0 Å². The highest BCUT2D eigenvalue weighted by Crippen LogP contribution is 2.38. The van der Waals surface area contributed by atoms with Gasteiger partial charge in [0.1, 0.15) is 0 Å². The Hall–Kier alpha value is -3.56. The Labute approximate surface area is 226 Å². The summed E-state index contributed by atoms with van der Waals surface area (Å²) >= 11 is 1.82. The van der Waals surface area contributed by atoms with Crippen molar-refractivity contribution >= 4 is 28.8 Å². The van der Waals surface area contributed by atoms with E-state index >= 15 is 0 Å². The van der Waals surface area contributed by atoms with Crippen molar-refractivity contribution < 1.29 is 14.5 Å². The van der Waals surface area contributed by atoms with E-state index < -0.39 is 4.92 Å². The van der Waals surface area contributed by atoms with Gasteiger partial charge in [-0.15, -0.1) is 11.3 Å². The first-order valence-corrected chi connectivity index (χ1v) is 14.0. The monoisotopic (exact) mass is 532 g/mol. The fourth-order valence-corrected chi connectivity index (χ4v) is 6.47. The van der Waals surface area contributed by atoms with Gasteiger partial charge in [0.25, 0.3) is 11.6 Å². The van der Waals surface area contributed by atoms with Crippen molar-refractivity contribution in [1.82, 2.24) is 14.7 Å². The highest BCUT2D eigenvalue weighted by atomic mass is 32.1. The molecule has 0 radical (unpaired) electrons. The van der Waals surface area contributed by atoms with Crippen LogP contribution in [0, 0.1) is 17.0 Å². The van der Waals surface area contributed by atoms with E-state index in [0.29, 0.717) is 51.1 Å². The number of aryl methyl sites for hydroxylation is 1. The van der Waals surface area contributed by atoms with Crippen molar-refractivity contribution in [1.29, 1.82) is 0 Å². The summed E-state index contributed by atoms with van der Waals surface area (Å²) in [7, 11) is 0. The van der Waals surface area contributed by atoms with Gasteiger partial charge in [-0.2, -0.15) is 0 Å².